The zero-order chi connectivity index (χ0) is 15.7. The van der Waals surface area contributed by atoms with E-state index in [2.05, 4.69) is 11.5 Å². The van der Waals surface area contributed by atoms with Crippen LogP contribution >= 0.6 is 0 Å². The number of methoxy groups -OCH3 is 2. The van der Waals surface area contributed by atoms with Gasteiger partial charge in [0.2, 0.25) is 5.91 Å². The molecule has 0 aliphatic carbocycles. The van der Waals surface area contributed by atoms with Crippen molar-refractivity contribution in [1.82, 2.24) is 4.90 Å². The molecule has 4 nitrogen and oxygen atoms in total. The molecule has 3 rings (SSSR count). The lowest BCUT2D eigenvalue weighted by molar-refractivity contribution is -0.140. The molecule has 2 fully saturated rings. The average Bonchev–Trinajstić information content (AvgIpc) is 2.53. The summed E-state index contributed by atoms with van der Waals surface area (Å²) >= 11 is 0. The molecular weight excluding hydrogens is 278 g/mol. The standard InChI is InChI=1S/C18H23NO3/c1-12-9-14-5-4-6-18(20)19(14)15(10-12)13-7-8-16(21-2)17(11-13)22-3/h7-8,11,14-15H,1,4-6,9-10H2,2-3H3/t14-,15-/m0/s1. The fourth-order valence-electron chi connectivity index (χ4n) is 3.72. The van der Waals surface area contributed by atoms with Crippen molar-refractivity contribution in [1.29, 1.82) is 0 Å². The fraction of sp³-hybridized carbons (Fsp3) is 0.500. The van der Waals surface area contributed by atoms with Gasteiger partial charge in [-0.25, -0.2) is 0 Å². The van der Waals surface area contributed by atoms with Crippen molar-refractivity contribution in [2.24, 2.45) is 0 Å². The van der Waals surface area contributed by atoms with Crippen LogP contribution < -0.4 is 9.47 Å². The molecule has 2 heterocycles. The van der Waals surface area contributed by atoms with E-state index in [0.29, 0.717) is 24.0 Å². The highest BCUT2D eigenvalue weighted by atomic mass is 16.5. The summed E-state index contributed by atoms with van der Waals surface area (Å²) in [6.07, 6.45) is 4.50. The van der Waals surface area contributed by atoms with Crippen molar-refractivity contribution in [2.75, 3.05) is 14.2 Å². The maximum Gasteiger partial charge on any atom is 0.223 e. The number of hydrogen-bond donors (Lipinski definition) is 0. The molecule has 0 saturated carbocycles. The molecule has 118 valence electrons. The summed E-state index contributed by atoms with van der Waals surface area (Å²) in [5.74, 6) is 1.68. The fourth-order valence-corrected chi connectivity index (χ4v) is 3.72. The minimum Gasteiger partial charge on any atom is -0.493 e. The zero-order valence-corrected chi connectivity index (χ0v) is 13.3. The maximum absolute atomic E-state index is 12.4. The van der Waals surface area contributed by atoms with Gasteiger partial charge in [0, 0.05) is 12.5 Å². The monoisotopic (exact) mass is 301 g/mol. The van der Waals surface area contributed by atoms with Crippen molar-refractivity contribution >= 4 is 5.91 Å². The molecule has 0 unspecified atom stereocenters. The number of carbonyl (C=O) groups is 1. The maximum atomic E-state index is 12.4. The Balaban J connectivity index is 1.97. The lowest BCUT2D eigenvalue weighted by Gasteiger charge is -2.46. The van der Waals surface area contributed by atoms with Gasteiger partial charge in [-0.1, -0.05) is 18.2 Å². The number of rotatable bonds is 3. The molecule has 0 N–H and O–H groups in total. The van der Waals surface area contributed by atoms with Gasteiger partial charge in [-0.15, -0.1) is 0 Å². The SMILES string of the molecule is C=C1C[C@@H]2CCCC(=O)N2[C@H](c2ccc(OC)c(OC)c2)C1. The van der Waals surface area contributed by atoms with Crippen LogP contribution in [0.25, 0.3) is 0 Å². The number of carbonyl (C=O) groups excluding carboxylic acids is 1. The van der Waals surface area contributed by atoms with Crippen LogP contribution in [0, 0.1) is 0 Å². The Bertz CT molecular complexity index is 596. The summed E-state index contributed by atoms with van der Waals surface area (Å²) in [6, 6.07) is 6.30. The Kier molecular flexibility index (Phi) is 4.10. The lowest BCUT2D eigenvalue weighted by atomic mass is 9.83. The number of nitrogens with zero attached hydrogens (tertiary/aromatic N) is 1. The van der Waals surface area contributed by atoms with Gasteiger partial charge in [-0.3, -0.25) is 4.79 Å². The predicted octanol–water partition coefficient (Wildman–Crippen LogP) is 3.48. The van der Waals surface area contributed by atoms with Crippen LogP contribution in [0.3, 0.4) is 0 Å². The van der Waals surface area contributed by atoms with Gasteiger partial charge in [-0.05, 0) is 43.4 Å². The Morgan fingerprint density at radius 1 is 1.18 bits per heavy atom. The second kappa shape index (κ2) is 6.03. The molecule has 0 spiro atoms. The van der Waals surface area contributed by atoms with E-state index >= 15 is 0 Å². The van der Waals surface area contributed by atoms with Crippen LogP contribution in [0.4, 0.5) is 0 Å². The number of fused-ring (bicyclic) bond motifs is 1. The van der Waals surface area contributed by atoms with Crippen molar-refractivity contribution in [3.63, 3.8) is 0 Å². The molecule has 1 aromatic carbocycles. The van der Waals surface area contributed by atoms with Gasteiger partial charge in [-0.2, -0.15) is 0 Å². The van der Waals surface area contributed by atoms with Gasteiger partial charge in [0.25, 0.3) is 0 Å². The van der Waals surface area contributed by atoms with Crippen LogP contribution in [0.5, 0.6) is 11.5 Å². The lowest BCUT2D eigenvalue weighted by Crippen LogP contribution is -2.48. The first kappa shape index (κ1) is 14.9. The van der Waals surface area contributed by atoms with E-state index in [1.165, 1.54) is 5.57 Å². The van der Waals surface area contributed by atoms with Crippen LogP contribution in [0.15, 0.2) is 30.4 Å². The topological polar surface area (TPSA) is 38.8 Å². The first-order valence-corrected chi connectivity index (χ1v) is 7.83. The van der Waals surface area contributed by atoms with Crippen molar-refractivity contribution in [3.8, 4) is 11.5 Å². The van der Waals surface area contributed by atoms with E-state index in [-0.39, 0.29) is 11.9 Å². The highest BCUT2D eigenvalue weighted by Crippen LogP contribution is 2.42. The smallest absolute Gasteiger partial charge is 0.223 e. The Labute approximate surface area is 131 Å². The Hall–Kier alpha value is -1.97. The third kappa shape index (κ3) is 2.58. The summed E-state index contributed by atoms with van der Waals surface area (Å²) in [4.78, 5) is 14.5. The van der Waals surface area contributed by atoms with E-state index in [9.17, 15) is 4.79 Å². The van der Waals surface area contributed by atoms with Gasteiger partial charge < -0.3 is 14.4 Å². The zero-order valence-electron chi connectivity index (χ0n) is 13.3. The van der Waals surface area contributed by atoms with Gasteiger partial charge >= 0.3 is 0 Å². The highest BCUT2D eigenvalue weighted by molar-refractivity contribution is 5.78. The van der Waals surface area contributed by atoms with Crippen LogP contribution in [0.2, 0.25) is 0 Å². The van der Waals surface area contributed by atoms with E-state index < -0.39 is 0 Å². The van der Waals surface area contributed by atoms with E-state index in [1.54, 1.807) is 14.2 Å². The molecule has 4 heteroatoms. The minimum atomic E-state index is 0.0684. The predicted molar refractivity (Wildman–Crippen MR) is 85.1 cm³/mol. The molecule has 2 atom stereocenters. The van der Waals surface area contributed by atoms with Gasteiger partial charge in [0.15, 0.2) is 11.5 Å². The van der Waals surface area contributed by atoms with Crippen LogP contribution in [-0.2, 0) is 4.79 Å². The van der Waals surface area contributed by atoms with Crippen molar-refractivity contribution < 1.29 is 14.3 Å². The molecule has 0 aromatic heterocycles. The van der Waals surface area contributed by atoms with Crippen LogP contribution in [-0.4, -0.2) is 31.1 Å². The highest BCUT2D eigenvalue weighted by Gasteiger charge is 2.38. The molecule has 0 bridgehead atoms. The summed E-state index contributed by atoms with van der Waals surface area (Å²) < 4.78 is 10.7. The molecular formula is C18H23NO3. The summed E-state index contributed by atoms with van der Waals surface area (Å²) in [5, 5.41) is 0. The number of piperidine rings is 2. The third-order valence-corrected chi connectivity index (χ3v) is 4.74. The molecule has 1 aromatic rings. The quantitative estimate of drug-likeness (QED) is 0.802. The molecule has 2 aliphatic rings. The van der Waals surface area contributed by atoms with E-state index in [4.69, 9.17) is 9.47 Å². The number of ether oxygens (including phenoxy) is 2. The molecule has 2 aliphatic heterocycles. The minimum absolute atomic E-state index is 0.0684. The van der Waals surface area contributed by atoms with Crippen LogP contribution in [0.1, 0.15) is 43.7 Å². The Morgan fingerprint density at radius 2 is 1.95 bits per heavy atom. The number of amides is 1. The van der Waals surface area contributed by atoms with E-state index in [1.807, 2.05) is 18.2 Å². The summed E-state index contributed by atoms with van der Waals surface area (Å²) in [6.45, 7) is 4.19. The largest absolute Gasteiger partial charge is 0.493 e. The summed E-state index contributed by atoms with van der Waals surface area (Å²) in [7, 11) is 3.26. The average molecular weight is 301 g/mol. The molecule has 1 amide bonds. The second-order valence-electron chi connectivity index (χ2n) is 6.14. The first-order chi connectivity index (χ1) is 10.6. The van der Waals surface area contributed by atoms with E-state index in [0.717, 1.165) is 31.2 Å². The first-order valence-electron chi connectivity index (χ1n) is 7.83. The molecule has 0 radical (unpaired) electrons. The third-order valence-electron chi connectivity index (χ3n) is 4.74. The van der Waals surface area contributed by atoms with Gasteiger partial charge in [0.1, 0.15) is 0 Å². The number of hydrogen-bond acceptors (Lipinski definition) is 3. The molecule has 2 saturated heterocycles. The summed E-state index contributed by atoms with van der Waals surface area (Å²) in [5.41, 5.74) is 2.33. The molecule has 22 heavy (non-hydrogen) atoms. The van der Waals surface area contributed by atoms with Gasteiger partial charge in [0.05, 0.1) is 20.3 Å². The van der Waals surface area contributed by atoms with Crippen molar-refractivity contribution in [3.05, 3.63) is 35.9 Å². The van der Waals surface area contributed by atoms with Crippen molar-refractivity contribution in [2.45, 2.75) is 44.2 Å². The Morgan fingerprint density at radius 3 is 2.68 bits per heavy atom. The second-order valence-corrected chi connectivity index (χ2v) is 6.14. The number of benzene rings is 1. The normalized spacial score (nSPS) is 24.9.